The molecule has 1 aliphatic heterocycles. The number of aryl methyl sites for hydroxylation is 1. The van der Waals surface area contributed by atoms with Gasteiger partial charge in [0.2, 0.25) is 0 Å². The van der Waals surface area contributed by atoms with Gasteiger partial charge in [0.05, 0.1) is 0 Å². The average molecular weight is 175 g/mol. The van der Waals surface area contributed by atoms with Gasteiger partial charge in [0.15, 0.2) is 0 Å². The van der Waals surface area contributed by atoms with Crippen molar-refractivity contribution in [3.05, 3.63) is 34.9 Å². The number of hydrogen-bond donors (Lipinski definition) is 1. The van der Waals surface area contributed by atoms with Gasteiger partial charge in [-0.2, -0.15) is 0 Å². The molecule has 2 nitrogen and oxygen atoms in total. The fourth-order valence-electron chi connectivity index (χ4n) is 1.86. The second-order valence-corrected chi connectivity index (χ2v) is 3.65. The maximum atomic E-state index is 11.5. The largest absolute Gasteiger partial charge is 0.351 e. The van der Waals surface area contributed by atoms with Crippen LogP contribution in [0.3, 0.4) is 0 Å². The van der Waals surface area contributed by atoms with Crippen LogP contribution in [0, 0.1) is 6.92 Å². The number of carbonyl (C=O) groups is 1. The first kappa shape index (κ1) is 8.30. The van der Waals surface area contributed by atoms with Crippen molar-refractivity contribution in [3.63, 3.8) is 0 Å². The van der Waals surface area contributed by atoms with Crippen LogP contribution in [0.1, 0.15) is 34.3 Å². The third-order valence-electron chi connectivity index (χ3n) is 2.63. The van der Waals surface area contributed by atoms with Gasteiger partial charge in [0.25, 0.3) is 5.91 Å². The summed E-state index contributed by atoms with van der Waals surface area (Å²) >= 11 is 0. The molecule has 1 unspecified atom stereocenters. The first-order valence-electron chi connectivity index (χ1n) is 4.58. The molecule has 0 aliphatic carbocycles. The Labute approximate surface area is 78.0 Å². The molecular formula is C11H13NO. The molecule has 0 radical (unpaired) electrons. The maximum Gasteiger partial charge on any atom is 0.251 e. The summed E-state index contributed by atoms with van der Waals surface area (Å²) in [4.78, 5) is 11.5. The van der Waals surface area contributed by atoms with E-state index in [1.807, 2.05) is 25.1 Å². The van der Waals surface area contributed by atoms with Gasteiger partial charge in [-0.25, -0.2) is 0 Å². The Morgan fingerprint density at radius 1 is 1.46 bits per heavy atom. The highest BCUT2D eigenvalue weighted by Crippen LogP contribution is 2.25. The van der Waals surface area contributed by atoms with Crippen LogP contribution in [-0.4, -0.2) is 12.5 Å². The van der Waals surface area contributed by atoms with Crippen molar-refractivity contribution < 1.29 is 4.79 Å². The lowest BCUT2D eigenvalue weighted by molar-refractivity contribution is 0.0940. The van der Waals surface area contributed by atoms with Crippen LogP contribution in [0.15, 0.2) is 18.2 Å². The Kier molecular flexibility index (Phi) is 1.83. The molecule has 0 saturated heterocycles. The molecule has 13 heavy (non-hydrogen) atoms. The van der Waals surface area contributed by atoms with Gasteiger partial charge in [-0.1, -0.05) is 25.1 Å². The number of fused-ring (bicyclic) bond motifs is 1. The summed E-state index contributed by atoms with van der Waals surface area (Å²) in [5.74, 6) is 0.513. The molecule has 0 bridgehead atoms. The van der Waals surface area contributed by atoms with Crippen molar-refractivity contribution in [2.45, 2.75) is 19.8 Å². The second-order valence-electron chi connectivity index (χ2n) is 3.65. The van der Waals surface area contributed by atoms with E-state index in [-0.39, 0.29) is 5.91 Å². The zero-order valence-corrected chi connectivity index (χ0v) is 7.92. The Balaban J connectivity index is 2.63. The van der Waals surface area contributed by atoms with E-state index in [0.29, 0.717) is 5.92 Å². The lowest BCUT2D eigenvalue weighted by Gasteiger charge is -2.23. The molecule has 0 aromatic heterocycles. The zero-order chi connectivity index (χ0) is 9.42. The standard InChI is InChI=1S/C11H13NO/c1-7-4-3-5-9-8(2)6-12-11(13)10(7)9/h3-5,8H,6H2,1-2H3,(H,12,13). The van der Waals surface area contributed by atoms with Crippen LogP contribution in [0.25, 0.3) is 0 Å². The monoisotopic (exact) mass is 175 g/mol. The third kappa shape index (κ3) is 1.22. The first-order valence-corrected chi connectivity index (χ1v) is 4.58. The topological polar surface area (TPSA) is 29.1 Å². The molecule has 1 aliphatic rings. The van der Waals surface area contributed by atoms with Gasteiger partial charge in [-0.15, -0.1) is 0 Å². The molecule has 2 rings (SSSR count). The summed E-state index contributed by atoms with van der Waals surface area (Å²) in [5, 5.41) is 2.89. The lowest BCUT2D eigenvalue weighted by Crippen LogP contribution is -2.34. The van der Waals surface area contributed by atoms with Crippen LogP contribution < -0.4 is 5.32 Å². The van der Waals surface area contributed by atoms with E-state index in [1.54, 1.807) is 0 Å². The molecule has 0 spiro atoms. The predicted octanol–water partition coefficient (Wildman–Crippen LogP) is 1.84. The molecule has 68 valence electrons. The van der Waals surface area contributed by atoms with E-state index in [0.717, 1.165) is 17.7 Å². The molecular weight excluding hydrogens is 162 g/mol. The van der Waals surface area contributed by atoms with Crippen molar-refractivity contribution in [2.75, 3.05) is 6.54 Å². The van der Waals surface area contributed by atoms with Gasteiger partial charge in [0, 0.05) is 12.1 Å². The van der Waals surface area contributed by atoms with Crippen LogP contribution >= 0.6 is 0 Å². The van der Waals surface area contributed by atoms with Gasteiger partial charge >= 0.3 is 0 Å². The van der Waals surface area contributed by atoms with Gasteiger partial charge in [0.1, 0.15) is 0 Å². The fraction of sp³-hybridized carbons (Fsp3) is 0.364. The quantitative estimate of drug-likeness (QED) is 0.640. The second kappa shape index (κ2) is 2.87. The van der Waals surface area contributed by atoms with Gasteiger partial charge in [-0.05, 0) is 24.0 Å². The minimum atomic E-state index is 0.0752. The smallest absolute Gasteiger partial charge is 0.251 e. The Hall–Kier alpha value is -1.31. The van der Waals surface area contributed by atoms with Crippen molar-refractivity contribution in [1.29, 1.82) is 0 Å². The van der Waals surface area contributed by atoms with E-state index in [9.17, 15) is 4.79 Å². The minimum absolute atomic E-state index is 0.0752. The molecule has 1 amide bonds. The van der Waals surface area contributed by atoms with E-state index in [2.05, 4.69) is 12.2 Å². The molecule has 1 atom stereocenters. The van der Waals surface area contributed by atoms with Crippen LogP contribution in [0.4, 0.5) is 0 Å². The molecule has 1 aromatic carbocycles. The zero-order valence-electron chi connectivity index (χ0n) is 7.92. The summed E-state index contributed by atoms with van der Waals surface area (Å²) < 4.78 is 0. The SMILES string of the molecule is Cc1cccc2c1C(=O)NCC2C. The molecule has 0 saturated carbocycles. The summed E-state index contributed by atoms with van der Waals surface area (Å²) in [7, 11) is 0. The van der Waals surface area contributed by atoms with Crippen molar-refractivity contribution >= 4 is 5.91 Å². The highest BCUT2D eigenvalue weighted by Gasteiger charge is 2.22. The van der Waals surface area contributed by atoms with Crippen LogP contribution in [0.5, 0.6) is 0 Å². The normalized spacial score (nSPS) is 20.8. The summed E-state index contributed by atoms with van der Waals surface area (Å²) in [6, 6.07) is 6.05. The minimum Gasteiger partial charge on any atom is -0.351 e. The number of amides is 1. The van der Waals surface area contributed by atoms with E-state index in [1.165, 1.54) is 5.56 Å². The van der Waals surface area contributed by atoms with E-state index < -0.39 is 0 Å². The van der Waals surface area contributed by atoms with Gasteiger partial charge < -0.3 is 5.32 Å². The van der Waals surface area contributed by atoms with E-state index >= 15 is 0 Å². The van der Waals surface area contributed by atoms with Crippen molar-refractivity contribution in [1.82, 2.24) is 5.32 Å². The number of nitrogens with one attached hydrogen (secondary N) is 1. The number of hydrogen-bond acceptors (Lipinski definition) is 1. The van der Waals surface area contributed by atoms with Gasteiger partial charge in [-0.3, -0.25) is 4.79 Å². The highest BCUT2D eigenvalue weighted by atomic mass is 16.1. The lowest BCUT2D eigenvalue weighted by atomic mass is 9.89. The number of carbonyl (C=O) groups excluding carboxylic acids is 1. The Morgan fingerprint density at radius 3 is 2.92 bits per heavy atom. The molecule has 1 N–H and O–H groups in total. The molecule has 1 aromatic rings. The molecule has 1 heterocycles. The molecule has 2 heteroatoms. The summed E-state index contributed by atoms with van der Waals surface area (Å²) in [5.41, 5.74) is 3.13. The average Bonchev–Trinajstić information content (AvgIpc) is 2.12. The Morgan fingerprint density at radius 2 is 2.23 bits per heavy atom. The summed E-state index contributed by atoms with van der Waals surface area (Å²) in [6.07, 6.45) is 0. The maximum absolute atomic E-state index is 11.5. The molecule has 0 fully saturated rings. The van der Waals surface area contributed by atoms with E-state index in [4.69, 9.17) is 0 Å². The van der Waals surface area contributed by atoms with Crippen LogP contribution in [-0.2, 0) is 0 Å². The van der Waals surface area contributed by atoms with Crippen molar-refractivity contribution in [3.8, 4) is 0 Å². The van der Waals surface area contributed by atoms with Crippen molar-refractivity contribution in [2.24, 2.45) is 0 Å². The highest BCUT2D eigenvalue weighted by molar-refractivity contribution is 5.98. The predicted molar refractivity (Wildman–Crippen MR) is 51.9 cm³/mol. The van der Waals surface area contributed by atoms with Crippen LogP contribution in [0.2, 0.25) is 0 Å². The Bertz CT molecular complexity index is 357. The summed E-state index contributed by atoms with van der Waals surface area (Å²) in [6.45, 7) is 4.88. The first-order chi connectivity index (χ1) is 6.20. The third-order valence-corrected chi connectivity index (χ3v) is 2.63. The number of benzene rings is 1. The fourth-order valence-corrected chi connectivity index (χ4v) is 1.86. The number of rotatable bonds is 0.